The van der Waals surface area contributed by atoms with Gasteiger partial charge >= 0.3 is 0 Å². The second-order valence-corrected chi connectivity index (χ2v) is 5.19. The second kappa shape index (κ2) is 5.85. The van der Waals surface area contributed by atoms with E-state index in [0.29, 0.717) is 4.99 Å². The van der Waals surface area contributed by atoms with Gasteiger partial charge in [0, 0.05) is 24.8 Å². The second-order valence-electron chi connectivity index (χ2n) is 4.75. The summed E-state index contributed by atoms with van der Waals surface area (Å²) >= 11 is 4.95. The van der Waals surface area contributed by atoms with Crippen LogP contribution >= 0.6 is 12.2 Å². The van der Waals surface area contributed by atoms with Crippen molar-refractivity contribution in [3.05, 3.63) is 65.2 Å². The van der Waals surface area contributed by atoms with Gasteiger partial charge < -0.3 is 10.6 Å². The molecule has 19 heavy (non-hydrogen) atoms. The fourth-order valence-corrected chi connectivity index (χ4v) is 2.07. The summed E-state index contributed by atoms with van der Waals surface area (Å²) in [6, 6.07) is 16.6. The minimum atomic E-state index is 0.443. The van der Waals surface area contributed by atoms with Gasteiger partial charge in [-0.15, -0.1) is 0 Å². The third-order valence-corrected chi connectivity index (χ3v) is 3.37. The fraction of sp³-hybridized carbons (Fsp3) is 0.188. The number of anilines is 1. The van der Waals surface area contributed by atoms with Crippen LogP contribution in [0.15, 0.2) is 48.5 Å². The number of nitrogens with two attached hydrogens (primary N) is 1. The molecule has 0 atom stereocenters. The van der Waals surface area contributed by atoms with E-state index in [-0.39, 0.29) is 0 Å². The van der Waals surface area contributed by atoms with Crippen LogP contribution in [0.1, 0.15) is 16.7 Å². The standard InChI is InChI=1S/C16H18N2S/c1-12-3-9-15(10-4-12)18(2)11-13-5-7-14(8-6-13)16(17)19/h3-10H,11H2,1-2H3,(H2,17,19). The van der Waals surface area contributed by atoms with Crippen molar-refractivity contribution in [3.63, 3.8) is 0 Å². The van der Waals surface area contributed by atoms with Crippen LogP contribution in [-0.4, -0.2) is 12.0 Å². The zero-order valence-electron chi connectivity index (χ0n) is 11.3. The van der Waals surface area contributed by atoms with Crippen LogP contribution in [0, 0.1) is 6.92 Å². The summed E-state index contributed by atoms with van der Waals surface area (Å²) in [5.74, 6) is 0. The molecule has 0 saturated carbocycles. The number of hydrogen-bond acceptors (Lipinski definition) is 2. The maximum atomic E-state index is 5.59. The molecule has 0 amide bonds. The Morgan fingerprint density at radius 3 is 2.16 bits per heavy atom. The number of rotatable bonds is 4. The van der Waals surface area contributed by atoms with Crippen molar-refractivity contribution in [1.82, 2.24) is 0 Å². The highest BCUT2D eigenvalue weighted by atomic mass is 32.1. The highest BCUT2D eigenvalue weighted by Gasteiger charge is 2.02. The minimum absolute atomic E-state index is 0.443. The molecule has 0 spiro atoms. The molecule has 0 aliphatic heterocycles. The Bertz CT molecular complexity index is 558. The highest BCUT2D eigenvalue weighted by Crippen LogP contribution is 2.16. The van der Waals surface area contributed by atoms with Crippen molar-refractivity contribution in [2.24, 2.45) is 5.73 Å². The molecule has 2 aromatic rings. The van der Waals surface area contributed by atoms with Gasteiger partial charge in [0.25, 0.3) is 0 Å². The molecule has 2 aromatic carbocycles. The molecule has 98 valence electrons. The monoisotopic (exact) mass is 270 g/mol. The van der Waals surface area contributed by atoms with Crippen LogP contribution in [0.3, 0.4) is 0 Å². The van der Waals surface area contributed by atoms with Crippen molar-refractivity contribution in [1.29, 1.82) is 0 Å². The summed E-state index contributed by atoms with van der Waals surface area (Å²) < 4.78 is 0. The molecule has 0 bridgehead atoms. The first-order valence-corrected chi connectivity index (χ1v) is 6.63. The molecule has 0 saturated heterocycles. The number of thiocarbonyl (C=S) groups is 1. The molecule has 2 N–H and O–H groups in total. The quantitative estimate of drug-likeness (QED) is 0.865. The van der Waals surface area contributed by atoms with E-state index in [1.165, 1.54) is 16.8 Å². The van der Waals surface area contributed by atoms with Crippen LogP contribution < -0.4 is 10.6 Å². The van der Waals surface area contributed by atoms with Gasteiger partial charge in [-0.2, -0.15) is 0 Å². The first-order valence-electron chi connectivity index (χ1n) is 6.23. The van der Waals surface area contributed by atoms with Crippen molar-refractivity contribution in [3.8, 4) is 0 Å². The summed E-state index contributed by atoms with van der Waals surface area (Å²) in [6.45, 7) is 2.96. The zero-order chi connectivity index (χ0) is 13.8. The molecule has 0 heterocycles. The van der Waals surface area contributed by atoms with Crippen LogP contribution in [0.25, 0.3) is 0 Å². The lowest BCUT2D eigenvalue weighted by Crippen LogP contribution is -2.16. The Morgan fingerprint density at radius 1 is 1.05 bits per heavy atom. The molecule has 0 aliphatic carbocycles. The third-order valence-electron chi connectivity index (χ3n) is 3.13. The van der Waals surface area contributed by atoms with Crippen LogP contribution in [0.4, 0.5) is 5.69 Å². The van der Waals surface area contributed by atoms with E-state index in [2.05, 4.69) is 55.3 Å². The van der Waals surface area contributed by atoms with E-state index in [0.717, 1.165) is 12.1 Å². The SMILES string of the molecule is Cc1ccc(N(C)Cc2ccc(C(N)=S)cc2)cc1. The largest absolute Gasteiger partial charge is 0.389 e. The summed E-state index contributed by atoms with van der Waals surface area (Å²) in [6.07, 6.45) is 0. The summed E-state index contributed by atoms with van der Waals surface area (Å²) in [5, 5.41) is 0. The van der Waals surface area contributed by atoms with E-state index in [1.54, 1.807) is 0 Å². The van der Waals surface area contributed by atoms with Gasteiger partial charge in [-0.1, -0.05) is 54.2 Å². The predicted molar refractivity (Wildman–Crippen MR) is 85.6 cm³/mol. The van der Waals surface area contributed by atoms with Gasteiger partial charge in [0.15, 0.2) is 0 Å². The van der Waals surface area contributed by atoms with Crippen LogP contribution in [-0.2, 0) is 6.54 Å². The molecule has 0 unspecified atom stereocenters. The molecular weight excluding hydrogens is 252 g/mol. The lowest BCUT2D eigenvalue weighted by Gasteiger charge is -2.19. The molecule has 0 radical (unpaired) electrons. The van der Waals surface area contributed by atoms with E-state index >= 15 is 0 Å². The highest BCUT2D eigenvalue weighted by molar-refractivity contribution is 7.80. The van der Waals surface area contributed by atoms with E-state index in [1.807, 2.05) is 12.1 Å². The van der Waals surface area contributed by atoms with Gasteiger partial charge in [0.2, 0.25) is 0 Å². The maximum Gasteiger partial charge on any atom is 0.103 e. The molecule has 3 heteroatoms. The van der Waals surface area contributed by atoms with E-state index < -0.39 is 0 Å². The molecular formula is C16H18N2S. The predicted octanol–water partition coefficient (Wildman–Crippen LogP) is 3.27. The maximum absolute atomic E-state index is 5.59. The molecule has 0 aromatic heterocycles. The average Bonchev–Trinajstić information content (AvgIpc) is 2.40. The minimum Gasteiger partial charge on any atom is -0.389 e. The number of benzene rings is 2. The normalized spacial score (nSPS) is 10.2. The Morgan fingerprint density at radius 2 is 1.63 bits per heavy atom. The van der Waals surface area contributed by atoms with E-state index in [9.17, 15) is 0 Å². The van der Waals surface area contributed by atoms with Gasteiger partial charge in [-0.05, 0) is 24.6 Å². The van der Waals surface area contributed by atoms with E-state index in [4.69, 9.17) is 18.0 Å². The Labute approximate surface area is 119 Å². The average molecular weight is 270 g/mol. The van der Waals surface area contributed by atoms with Crippen LogP contribution in [0.2, 0.25) is 0 Å². The summed E-state index contributed by atoms with van der Waals surface area (Å²) in [4.78, 5) is 2.66. The third kappa shape index (κ3) is 3.55. The first kappa shape index (κ1) is 13.6. The van der Waals surface area contributed by atoms with Crippen molar-refractivity contribution >= 4 is 22.9 Å². The topological polar surface area (TPSA) is 29.3 Å². The van der Waals surface area contributed by atoms with Gasteiger partial charge in [0.1, 0.15) is 4.99 Å². The lowest BCUT2D eigenvalue weighted by molar-refractivity contribution is 0.922. The Balaban J connectivity index is 2.08. The summed E-state index contributed by atoms with van der Waals surface area (Å²) in [7, 11) is 2.09. The summed E-state index contributed by atoms with van der Waals surface area (Å²) in [5.41, 5.74) is 10.2. The molecule has 2 nitrogen and oxygen atoms in total. The van der Waals surface area contributed by atoms with Crippen molar-refractivity contribution < 1.29 is 0 Å². The smallest absolute Gasteiger partial charge is 0.103 e. The van der Waals surface area contributed by atoms with Crippen molar-refractivity contribution in [2.45, 2.75) is 13.5 Å². The van der Waals surface area contributed by atoms with Gasteiger partial charge in [0.05, 0.1) is 0 Å². The lowest BCUT2D eigenvalue weighted by atomic mass is 10.1. The zero-order valence-corrected chi connectivity index (χ0v) is 12.1. The Kier molecular flexibility index (Phi) is 4.17. The first-order chi connectivity index (χ1) is 9.06. The fourth-order valence-electron chi connectivity index (χ4n) is 1.94. The number of hydrogen-bond donors (Lipinski definition) is 1. The number of nitrogens with zero attached hydrogens (tertiary/aromatic N) is 1. The van der Waals surface area contributed by atoms with Gasteiger partial charge in [-0.3, -0.25) is 0 Å². The van der Waals surface area contributed by atoms with Gasteiger partial charge in [-0.25, -0.2) is 0 Å². The molecule has 0 aliphatic rings. The number of aryl methyl sites for hydroxylation is 1. The van der Waals surface area contributed by atoms with Crippen LogP contribution in [0.5, 0.6) is 0 Å². The molecule has 2 rings (SSSR count). The molecule has 0 fully saturated rings. The van der Waals surface area contributed by atoms with Crippen molar-refractivity contribution in [2.75, 3.05) is 11.9 Å². The Hall–Kier alpha value is -1.87.